The molecule has 1 aromatic rings. The van der Waals surface area contributed by atoms with Crippen molar-refractivity contribution in [2.45, 2.75) is 32.9 Å². The van der Waals surface area contributed by atoms with Crippen LogP contribution in [-0.2, 0) is 11.2 Å². The van der Waals surface area contributed by atoms with E-state index in [-0.39, 0.29) is 5.91 Å². The lowest BCUT2D eigenvalue weighted by atomic mass is 10.1. The van der Waals surface area contributed by atoms with Gasteiger partial charge < -0.3 is 0 Å². The topological polar surface area (TPSA) is 54.9 Å². The van der Waals surface area contributed by atoms with Gasteiger partial charge in [-0.1, -0.05) is 18.3 Å². The van der Waals surface area contributed by atoms with E-state index in [0.29, 0.717) is 11.6 Å². The van der Waals surface area contributed by atoms with Gasteiger partial charge in [-0.3, -0.25) is 10.1 Å². The summed E-state index contributed by atoms with van der Waals surface area (Å²) in [6, 6.07) is 0. The van der Waals surface area contributed by atoms with Crippen LogP contribution in [0.1, 0.15) is 25.3 Å². The minimum absolute atomic E-state index is 0.297. The maximum Gasteiger partial charge on any atom is 0.235 e. The minimum atomic E-state index is -1.02. The smallest absolute Gasteiger partial charge is 0.235 e. The number of carbonyl (C=O) groups excluding carboxylic acids is 1. The number of anilines is 1. The predicted molar refractivity (Wildman–Crippen MR) is 55.5 cm³/mol. The molecule has 1 amide bonds. The average molecular weight is 229 g/mol. The first kappa shape index (κ1) is 10.5. The van der Waals surface area contributed by atoms with Crippen molar-refractivity contribution < 1.29 is 9.18 Å². The van der Waals surface area contributed by atoms with Crippen LogP contribution in [0.2, 0.25) is 0 Å². The Labute approximate surface area is 90.9 Å². The molecule has 0 saturated heterocycles. The van der Waals surface area contributed by atoms with Crippen LogP contribution in [0.25, 0.3) is 0 Å². The molecule has 1 aliphatic rings. The number of aryl methyl sites for hydroxylation is 1. The third kappa shape index (κ3) is 1.86. The molecule has 2 rings (SSSR count). The fourth-order valence-corrected chi connectivity index (χ4v) is 1.91. The van der Waals surface area contributed by atoms with Gasteiger partial charge in [-0.15, -0.1) is 10.2 Å². The van der Waals surface area contributed by atoms with Gasteiger partial charge >= 0.3 is 0 Å². The zero-order valence-corrected chi connectivity index (χ0v) is 9.40. The van der Waals surface area contributed by atoms with E-state index in [1.807, 2.05) is 6.92 Å². The van der Waals surface area contributed by atoms with Crippen molar-refractivity contribution in [3.05, 3.63) is 5.01 Å². The van der Waals surface area contributed by atoms with Crippen molar-refractivity contribution in [2.24, 2.45) is 5.41 Å². The molecule has 1 fully saturated rings. The number of nitrogens with zero attached hydrogens (tertiary/aromatic N) is 2. The van der Waals surface area contributed by atoms with Crippen LogP contribution in [0.15, 0.2) is 0 Å². The first-order valence-corrected chi connectivity index (χ1v) is 5.66. The van der Waals surface area contributed by atoms with Gasteiger partial charge in [0.05, 0.1) is 5.41 Å². The molecule has 15 heavy (non-hydrogen) atoms. The summed E-state index contributed by atoms with van der Waals surface area (Å²) in [5.41, 5.74) is -0.849. The largest absolute Gasteiger partial charge is 0.300 e. The number of rotatable bonds is 3. The lowest BCUT2D eigenvalue weighted by Gasteiger charge is -2.06. The van der Waals surface area contributed by atoms with E-state index < -0.39 is 11.6 Å². The Morgan fingerprint density at radius 1 is 1.73 bits per heavy atom. The molecule has 82 valence electrons. The van der Waals surface area contributed by atoms with E-state index in [1.54, 1.807) is 6.92 Å². The van der Waals surface area contributed by atoms with E-state index in [1.165, 1.54) is 11.3 Å². The van der Waals surface area contributed by atoms with Gasteiger partial charge in [-0.25, -0.2) is 4.39 Å². The van der Waals surface area contributed by atoms with Gasteiger partial charge in [0.2, 0.25) is 11.0 Å². The molecule has 0 radical (unpaired) electrons. The molecular formula is C9H12FN3OS. The molecule has 0 unspecified atom stereocenters. The highest BCUT2D eigenvalue weighted by atomic mass is 32.1. The molecule has 0 aliphatic heterocycles. The number of halogens is 1. The molecule has 1 aliphatic carbocycles. The first-order chi connectivity index (χ1) is 7.06. The van der Waals surface area contributed by atoms with Crippen molar-refractivity contribution in [3.8, 4) is 0 Å². The molecule has 6 heteroatoms. The van der Waals surface area contributed by atoms with Crippen LogP contribution in [0.5, 0.6) is 0 Å². The highest BCUT2D eigenvalue weighted by Crippen LogP contribution is 2.48. The second-order valence-corrected chi connectivity index (χ2v) is 4.96. The monoisotopic (exact) mass is 229 g/mol. The van der Waals surface area contributed by atoms with Crippen LogP contribution in [0.3, 0.4) is 0 Å². The molecule has 1 N–H and O–H groups in total. The SMILES string of the molecule is CCc1nnc(NC(=O)[C@@]2(C)C[C@@H]2F)s1. The van der Waals surface area contributed by atoms with E-state index in [0.717, 1.165) is 11.4 Å². The number of aromatic nitrogens is 2. The Kier molecular flexibility index (Phi) is 2.46. The molecular weight excluding hydrogens is 217 g/mol. The second kappa shape index (κ2) is 3.52. The summed E-state index contributed by atoms with van der Waals surface area (Å²) in [6.07, 6.45) is 0.0745. The minimum Gasteiger partial charge on any atom is -0.300 e. The van der Waals surface area contributed by atoms with E-state index >= 15 is 0 Å². The van der Waals surface area contributed by atoms with Crippen molar-refractivity contribution in [2.75, 3.05) is 5.32 Å². The lowest BCUT2D eigenvalue weighted by molar-refractivity contribution is -0.121. The quantitative estimate of drug-likeness (QED) is 0.859. The summed E-state index contributed by atoms with van der Waals surface area (Å²) in [6.45, 7) is 3.58. The molecule has 4 nitrogen and oxygen atoms in total. The zero-order valence-electron chi connectivity index (χ0n) is 8.58. The van der Waals surface area contributed by atoms with Crippen molar-refractivity contribution in [1.29, 1.82) is 0 Å². The Balaban J connectivity index is 2.00. The predicted octanol–water partition coefficient (Wildman–Crippen LogP) is 1.79. The highest BCUT2D eigenvalue weighted by Gasteiger charge is 2.57. The van der Waals surface area contributed by atoms with E-state index in [2.05, 4.69) is 15.5 Å². The number of carbonyl (C=O) groups is 1. The summed E-state index contributed by atoms with van der Waals surface area (Å²) in [7, 11) is 0. The maximum atomic E-state index is 12.9. The Morgan fingerprint density at radius 3 is 2.87 bits per heavy atom. The summed E-state index contributed by atoms with van der Waals surface area (Å²) in [5.74, 6) is -0.297. The van der Waals surface area contributed by atoms with Gasteiger partial charge in [-0.2, -0.15) is 0 Å². The van der Waals surface area contributed by atoms with Crippen LogP contribution in [0.4, 0.5) is 9.52 Å². The fourth-order valence-electron chi connectivity index (χ4n) is 1.24. The Bertz CT molecular complexity index is 394. The Morgan fingerprint density at radius 2 is 2.40 bits per heavy atom. The number of amides is 1. The number of nitrogens with one attached hydrogen (secondary N) is 1. The molecule has 1 heterocycles. The van der Waals surface area contributed by atoms with E-state index in [9.17, 15) is 9.18 Å². The lowest BCUT2D eigenvalue weighted by Crippen LogP contribution is -2.23. The molecule has 2 atom stereocenters. The molecule has 0 aromatic carbocycles. The van der Waals surface area contributed by atoms with Crippen LogP contribution < -0.4 is 5.32 Å². The van der Waals surface area contributed by atoms with Crippen molar-refractivity contribution in [1.82, 2.24) is 10.2 Å². The molecule has 0 bridgehead atoms. The maximum absolute atomic E-state index is 12.9. The number of hydrogen-bond acceptors (Lipinski definition) is 4. The summed E-state index contributed by atoms with van der Waals surface area (Å²) in [5, 5.41) is 11.6. The van der Waals surface area contributed by atoms with Gasteiger partial charge in [0.25, 0.3) is 0 Å². The van der Waals surface area contributed by atoms with Crippen LogP contribution >= 0.6 is 11.3 Å². The normalized spacial score (nSPS) is 28.9. The zero-order chi connectivity index (χ0) is 11.1. The summed E-state index contributed by atoms with van der Waals surface area (Å²) < 4.78 is 12.9. The second-order valence-electron chi connectivity index (χ2n) is 3.90. The third-order valence-corrected chi connectivity index (χ3v) is 3.63. The van der Waals surface area contributed by atoms with Crippen LogP contribution in [0, 0.1) is 5.41 Å². The molecule has 1 saturated carbocycles. The fraction of sp³-hybridized carbons (Fsp3) is 0.667. The molecule has 0 spiro atoms. The van der Waals surface area contributed by atoms with Crippen molar-refractivity contribution in [3.63, 3.8) is 0 Å². The molecule has 1 aromatic heterocycles. The van der Waals surface area contributed by atoms with Gasteiger partial charge in [0, 0.05) is 0 Å². The first-order valence-electron chi connectivity index (χ1n) is 4.84. The number of alkyl halides is 1. The highest BCUT2D eigenvalue weighted by molar-refractivity contribution is 7.15. The Hall–Kier alpha value is -1.04. The van der Waals surface area contributed by atoms with Gasteiger partial charge in [0.15, 0.2) is 0 Å². The number of hydrogen-bond donors (Lipinski definition) is 1. The van der Waals surface area contributed by atoms with E-state index in [4.69, 9.17) is 0 Å². The summed E-state index contributed by atoms with van der Waals surface area (Å²) >= 11 is 1.33. The van der Waals surface area contributed by atoms with Gasteiger partial charge in [-0.05, 0) is 19.8 Å². The standard InChI is InChI=1S/C9H12FN3OS/c1-3-6-12-13-8(15-6)11-7(14)9(2)4-5(9)10/h5H,3-4H2,1-2H3,(H,11,13,14)/t5-,9-/m0/s1. The third-order valence-electron chi connectivity index (χ3n) is 2.64. The average Bonchev–Trinajstić information content (AvgIpc) is 2.66. The summed E-state index contributed by atoms with van der Waals surface area (Å²) in [4.78, 5) is 11.6. The van der Waals surface area contributed by atoms with Gasteiger partial charge in [0.1, 0.15) is 11.2 Å². The van der Waals surface area contributed by atoms with Crippen LogP contribution in [-0.4, -0.2) is 22.3 Å². The van der Waals surface area contributed by atoms with Crippen molar-refractivity contribution >= 4 is 22.4 Å².